The highest BCUT2D eigenvalue weighted by Gasteiger charge is 2.26. The number of benzene rings is 2. The van der Waals surface area contributed by atoms with E-state index in [1.54, 1.807) is 0 Å². The van der Waals surface area contributed by atoms with Crippen LogP contribution in [-0.2, 0) is 11.3 Å². The molecule has 2 aromatic rings. The number of urea groups is 1. The summed E-state index contributed by atoms with van der Waals surface area (Å²) in [5.74, 6) is -0.290. The zero-order valence-corrected chi connectivity index (χ0v) is 16.7. The highest BCUT2D eigenvalue weighted by Crippen LogP contribution is 2.21. The number of carbonyl (C=O) groups excluding carboxylic acids is 2. The average Bonchev–Trinajstić information content (AvgIpc) is 2.72. The Bertz CT molecular complexity index is 807. The maximum absolute atomic E-state index is 12.4. The van der Waals surface area contributed by atoms with Crippen molar-refractivity contribution in [2.24, 2.45) is 0 Å². The molecule has 3 rings (SSSR count). The van der Waals surface area contributed by atoms with Crippen LogP contribution in [0.25, 0.3) is 0 Å². The fraction of sp³-hybridized carbons (Fsp3) is 0.333. The van der Waals surface area contributed by atoms with Crippen LogP contribution in [-0.4, -0.2) is 49.1 Å². The predicted octanol–water partition coefficient (Wildman–Crippen LogP) is 2.88. The van der Waals surface area contributed by atoms with E-state index in [1.165, 1.54) is 0 Å². The number of nitrogens with one attached hydrogen (secondary N) is 2. The van der Waals surface area contributed by atoms with Crippen LogP contribution in [0.15, 0.2) is 54.6 Å². The van der Waals surface area contributed by atoms with Crippen molar-refractivity contribution >= 4 is 29.2 Å². The summed E-state index contributed by atoms with van der Waals surface area (Å²) in [6.07, 6.45) is 0. The van der Waals surface area contributed by atoms with Gasteiger partial charge >= 0.3 is 6.03 Å². The van der Waals surface area contributed by atoms with Gasteiger partial charge in [-0.15, -0.1) is 0 Å². The molecule has 6 nitrogen and oxygen atoms in total. The van der Waals surface area contributed by atoms with Crippen molar-refractivity contribution in [3.63, 3.8) is 0 Å². The third-order valence-electron chi connectivity index (χ3n) is 4.95. The topological polar surface area (TPSA) is 64.7 Å². The molecule has 1 atom stereocenters. The molecular formula is C21H25ClN4O2. The van der Waals surface area contributed by atoms with Gasteiger partial charge in [0.15, 0.2) is 0 Å². The van der Waals surface area contributed by atoms with Crippen molar-refractivity contribution < 1.29 is 9.59 Å². The lowest BCUT2D eigenvalue weighted by molar-refractivity contribution is -0.124. The molecular weight excluding hydrogens is 376 g/mol. The van der Waals surface area contributed by atoms with Gasteiger partial charge in [-0.05, 0) is 30.7 Å². The fourth-order valence-corrected chi connectivity index (χ4v) is 3.43. The van der Waals surface area contributed by atoms with Crippen molar-refractivity contribution in [3.8, 4) is 0 Å². The summed E-state index contributed by atoms with van der Waals surface area (Å²) in [7, 11) is 0. The first-order valence-electron chi connectivity index (χ1n) is 9.40. The van der Waals surface area contributed by atoms with E-state index in [-0.39, 0.29) is 11.9 Å². The molecule has 148 valence electrons. The summed E-state index contributed by atoms with van der Waals surface area (Å²) in [4.78, 5) is 28.7. The number of amides is 3. The predicted molar refractivity (Wildman–Crippen MR) is 112 cm³/mol. The number of carbonyl (C=O) groups is 2. The largest absolute Gasteiger partial charge is 0.369 e. The van der Waals surface area contributed by atoms with Crippen molar-refractivity contribution in [2.45, 2.75) is 19.5 Å². The van der Waals surface area contributed by atoms with E-state index >= 15 is 0 Å². The van der Waals surface area contributed by atoms with Crippen LogP contribution in [0.2, 0.25) is 5.02 Å². The monoisotopic (exact) mass is 400 g/mol. The van der Waals surface area contributed by atoms with Crippen LogP contribution in [0.5, 0.6) is 0 Å². The number of hydrogen-bond acceptors (Lipinski definition) is 4. The Morgan fingerprint density at radius 2 is 1.75 bits per heavy atom. The lowest BCUT2D eigenvalue weighted by Gasteiger charge is -2.38. The van der Waals surface area contributed by atoms with Crippen molar-refractivity contribution in [3.05, 3.63) is 65.2 Å². The van der Waals surface area contributed by atoms with Gasteiger partial charge in [-0.1, -0.05) is 48.0 Å². The van der Waals surface area contributed by atoms with Gasteiger partial charge < -0.3 is 10.2 Å². The molecule has 0 aliphatic carbocycles. The first kappa shape index (κ1) is 20.2. The number of piperazine rings is 1. The molecule has 0 saturated carbocycles. The summed E-state index contributed by atoms with van der Waals surface area (Å²) in [6, 6.07) is 16.5. The van der Waals surface area contributed by atoms with E-state index in [1.807, 2.05) is 61.5 Å². The molecule has 3 amide bonds. The molecule has 2 aromatic carbocycles. The summed E-state index contributed by atoms with van der Waals surface area (Å²) in [6.45, 7) is 5.30. The summed E-state index contributed by atoms with van der Waals surface area (Å²) >= 11 is 6.07. The normalized spacial score (nSPS) is 15.7. The first-order valence-corrected chi connectivity index (χ1v) is 9.78. The summed E-state index contributed by atoms with van der Waals surface area (Å²) in [5, 5.41) is 5.86. The SMILES string of the molecule is CC(C(=O)NC(=O)NCc1ccccc1)N1CCN(c2cccc(Cl)c2)CC1. The molecule has 1 aliphatic heterocycles. The van der Waals surface area contributed by atoms with Crippen molar-refractivity contribution in [1.29, 1.82) is 0 Å². The highest BCUT2D eigenvalue weighted by molar-refractivity contribution is 6.30. The third kappa shape index (κ3) is 5.47. The fourth-order valence-electron chi connectivity index (χ4n) is 3.24. The van der Waals surface area contributed by atoms with Crippen LogP contribution < -0.4 is 15.5 Å². The van der Waals surface area contributed by atoms with Gasteiger partial charge in [0.05, 0.1) is 6.04 Å². The first-order chi connectivity index (χ1) is 13.5. The van der Waals surface area contributed by atoms with Gasteiger partial charge in [0, 0.05) is 43.4 Å². The third-order valence-corrected chi connectivity index (χ3v) is 5.18. The Hall–Kier alpha value is -2.57. The Morgan fingerprint density at radius 1 is 1.04 bits per heavy atom. The molecule has 0 radical (unpaired) electrons. The molecule has 7 heteroatoms. The molecule has 0 aromatic heterocycles. The minimum absolute atomic E-state index is 0.290. The van der Waals surface area contributed by atoms with Crippen molar-refractivity contribution in [2.75, 3.05) is 31.1 Å². The molecule has 0 bridgehead atoms. The van der Waals surface area contributed by atoms with E-state index in [4.69, 9.17) is 11.6 Å². The molecule has 1 heterocycles. The smallest absolute Gasteiger partial charge is 0.321 e. The number of imide groups is 1. The van der Waals surface area contributed by atoms with Crippen LogP contribution in [0.1, 0.15) is 12.5 Å². The average molecular weight is 401 g/mol. The van der Waals surface area contributed by atoms with Crippen molar-refractivity contribution in [1.82, 2.24) is 15.5 Å². The molecule has 0 spiro atoms. The Kier molecular flexibility index (Phi) is 6.90. The van der Waals surface area contributed by atoms with E-state index in [0.717, 1.165) is 37.4 Å². The molecule has 28 heavy (non-hydrogen) atoms. The number of halogens is 1. The summed E-state index contributed by atoms with van der Waals surface area (Å²) in [5.41, 5.74) is 2.07. The lowest BCUT2D eigenvalue weighted by Crippen LogP contribution is -2.55. The number of anilines is 1. The quantitative estimate of drug-likeness (QED) is 0.810. The van der Waals surface area contributed by atoms with E-state index in [9.17, 15) is 9.59 Å². The molecule has 2 N–H and O–H groups in total. The molecule has 1 unspecified atom stereocenters. The maximum Gasteiger partial charge on any atom is 0.321 e. The second-order valence-corrected chi connectivity index (χ2v) is 7.27. The number of nitrogens with zero attached hydrogens (tertiary/aromatic N) is 2. The zero-order chi connectivity index (χ0) is 19.9. The highest BCUT2D eigenvalue weighted by atomic mass is 35.5. The Balaban J connectivity index is 1.44. The molecule has 1 aliphatic rings. The second kappa shape index (κ2) is 9.57. The maximum atomic E-state index is 12.4. The Labute approximate surface area is 170 Å². The number of hydrogen-bond donors (Lipinski definition) is 2. The van der Waals surface area contributed by atoms with E-state index in [2.05, 4.69) is 20.4 Å². The van der Waals surface area contributed by atoms with E-state index in [0.29, 0.717) is 11.6 Å². The van der Waals surface area contributed by atoms with Crippen LogP contribution in [0, 0.1) is 0 Å². The molecule has 1 fully saturated rings. The standard InChI is InChI=1S/C21H25ClN4O2/c1-16(20(27)24-21(28)23-15-17-6-3-2-4-7-17)25-10-12-26(13-11-25)19-9-5-8-18(22)14-19/h2-9,14,16H,10-13,15H2,1H3,(H2,23,24,27,28). The second-order valence-electron chi connectivity index (χ2n) is 6.84. The van der Waals surface area contributed by atoms with Crippen LogP contribution in [0.3, 0.4) is 0 Å². The van der Waals surface area contributed by atoms with Gasteiger partial charge in [0.25, 0.3) is 0 Å². The van der Waals surface area contributed by atoms with E-state index < -0.39 is 6.03 Å². The minimum atomic E-state index is -0.474. The summed E-state index contributed by atoms with van der Waals surface area (Å²) < 4.78 is 0. The van der Waals surface area contributed by atoms with Gasteiger partial charge in [-0.25, -0.2) is 4.79 Å². The van der Waals surface area contributed by atoms with Gasteiger partial charge in [0.2, 0.25) is 5.91 Å². The van der Waals surface area contributed by atoms with Crippen LogP contribution in [0.4, 0.5) is 10.5 Å². The molecule has 1 saturated heterocycles. The van der Waals surface area contributed by atoms with Crippen LogP contribution >= 0.6 is 11.6 Å². The Morgan fingerprint density at radius 3 is 2.43 bits per heavy atom. The zero-order valence-electron chi connectivity index (χ0n) is 15.9. The van der Waals surface area contributed by atoms with Gasteiger partial charge in [0.1, 0.15) is 0 Å². The van der Waals surface area contributed by atoms with Gasteiger partial charge in [-0.3, -0.25) is 15.0 Å². The lowest BCUT2D eigenvalue weighted by atomic mass is 10.2. The van der Waals surface area contributed by atoms with Gasteiger partial charge in [-0.2, -0.15) is 0 Å². The minimum Gasteiger partial charge on any atom is -0.369 e. The number of rotatable bonds is 5.